The number of hydrogen-bond acceptors (Lipinski definition) is 3. The first-order chi connectivity index (χ1) is 12.6. The van der Waals surface area contributed by atoms with Crippen LogP contribution in [0.5, 0.6) is 0 Å². The summed E-state index contributed by atoms with van der Waals surface area (Å²) in [4.78, 5) is 24.8. The first-order valence-corrected chi connectivity index (χ1v) is 9.61. The highest BCUT2D eigenvalue weighted by Gasteiger charge is 2.54. The summed E-state index contributed by atoms with van der Waals surface area (Å²) in [6.45, 7) is 0.317. The maximum Gasteiger partial charge on any atom is 0.234 e. The number of hydrogen-bond donors (Lipinski definition) is 2. The van der Waals surface area contributed by atoms with Crippen LogP contribution in [-0.2, 0) is 16.1 Å². The van der Waals surface area contributed by atoms with Gasteiger partial charge in [-0.1, -0.05) is 18.2 Å². The van der Waals surface area contributed by atoms with Gasteiger partial charge in [0.15, 0.2) is 0 Å². The average Bonchev–Trinajstić information content (AvgIpc) is 2.60. The van der Waals surface area contributed by atoms with E-state index < -0.39 is 0 Å². The number of benzene rings is 1. The third-order valence-corrected chi connectivity index (χ3v) is 6.50. The molecular formula is C21H25N3O2. The van der Waals surface area contributed by atoms with Gasteiger partial charge in [-0.2, -0.15) is 5.26 Å². The molecule has 1 aromatic carbocycles. The lowest BCUT2D eigenvalue weighted by Gasteiger charge is -2.55. The van der Waals surface area contributed by atoms with Crippen LogP contribution in [0.25, 0.3) is 0 Å². The molecule has 4 bridgehead atoms. The monoisotopic (exact) mass is 351 g/mol. The first kappa shape index (κ1) is 17.1. The maximum atomic E-state index is 13.2. The second-order valence-corrected chi connectivity index (χ2v) is 8.42. The third kappa shape index (κ3) is 3.21. The smallest absolute Gasteiger partial charge is 0.234 e. The summed E-state index contributed by atoms with van der Waals surface area (Å²) >= 11 is 0. The molecular weight excluding hydrogens is 326 g/mol. The largest absolute Gasteiger partial charge is 0.351 e. The lowest BCUT2D eigenvalue weighted by atomic mass is 9.49. The molecule has 0 aliphatic heterocycles. The van der Waals surface area contributed by atoms with Gasteiger partial charge < -0.3 is 10.6 Å². The zero-order valence-electron chi connectivity index (χ0n) is 15.0. The molecule has 1 aromatic rings. The van der Waals surface area contributed by atoms with Crippen molar-refractivity contribution in [3.8, 4) is 6.07 Å². The number of carbonyl (C=O) groups excluding carboxylic acids is 2. The Bertz CT molecular complexity index is 729. The average molecular weight is 351 g/mol. The van der Waals surface area contributed by atoms with Gasteiger partial charge in [-0.25, -0.2) is 0 Å². The topological polar surface area (TPSA) is 82.0 Å². The summed E-state index contributed by atoms with van der Waals surface area (Å²) in [5.41, 5.74) is 1.45. The van der Waals surface area contributed by atoms with Crippen LogP contribution >= 0.6 is 0 Å². The van der Waals surface area contributed by atoms with Crippen molar-refractivity contribution in [1.82, 2.24) is 5.32 Å². The van der Waals surface area contributed by atoms with Crippen molar-refractivity contribution in [2.45, 2.75) is 51.5 Å². The Hall–Kier alpha value is -2.35. The van der Waals surface area contributed by atoms with E-state index in [1.807, 2.05) is 30.3 Å². The molecule has 5 rings (SSSR count). The van der Waals surface area contributed by atoms with E-state index in [2.05, 4.69) is 10.6 Å². The lowest BCUT2D eigenvalue weighted by molar-refractivity contribution is -0.140. The number of anilines is 1. The number of para-hydroxylation sites is 1. The SMILES string of the molecule is N#CCC(=O)NCc1ccccc1NC(=O)C12CC3CC(CC(C3)C1)C2. The highest BCUT2D eigenvalue weighted by molar-refractivity contribution is 5.96. The molecule has 136 valence electrons. The minimum Gasteiger partial charge on any atom is -0.351 e. The molecule has 4 saturated carbocycles. The maximum absolute atomic E-state index is 13.2. The molecule has 0 atom stereocenters. The Morgan fingerprint density at radius 3 is 2.31 bits per heavy atom. The van der Waals surface area contributed by atoms with E-state index in [1.54, 1.807) is 0 Å². The van der Waals surface area contributed by atoms with Crippen molar-refractivity contribution in [3.05, 3.63) is 29.8 Å². The number of nitriles is 1. The summed E-state index contributed by atoms with van der Waals surface area (Å²) in [6.07, 6.45) is 6.89. The van der Waals surface area contributed by atoms with Gasteiger partial charge in [0.1, 0.15) is 6.42 Å². The van der Waals surface area contributed by atoms with Crippen molar-refractivity contribution in [2.75, 3.05) is 5.32 Å². The number of amides is 2. The van der Waals surface area contributed by atoms with E-state index in [9.17, 15) is 9.59 Å². The van der Waals surface area contributed by atoms with Gasteiger partial charge in [0.2, 0.25) is 11.8 Å². The zero-order chi connectivity index (χ0) is 18.1. The van der Waals surface area contributed by atoms with Gasteiger partial charge in [0, 0.05) is 12.2 Å². The summed E-state index contributed by atoms with van der Waals surface area (Å²) in [5, 5.41) is 14.5. The molecule has 0 spiro atoms. The molecule has 5 nitrogen and oxygen atoms in total. The third-order valence-electron chi connectivity index (χ3n) is 6.50. The Balaban J connectivity index is 1.47. The molecule has 0 aromatic heterocycles. The second-order valence-electron chi connectivity index (χ2n) is 8.42. The van der Waals surface area contributed by atoms with Gasteiger partial charge in [-0.05, 0) is 67.9 Å². The fourth-order valence-corrected chi connectivity index (χ4v) is 5.77. The van der Waals surface area contributed by atoms with E-state index in [0.717, 1.165) is 48.3 Å². The number of nitrogens with zero attached hydrogens (tertiary/aromatic N) is 1. The van der Waals surface area contributed by atoms with E-state index in [0.29, 0.717) is 6.54 Å². The fraction of sp³-hybridized carbons (Fsp3) is 0.571. The fourth-order valence-electron chi connectivity index (χ4n) is 5.77. The Morgan fingerprint density at radius 2 is 1.69 bits per heavy atom. The van der Waals surface area contributed by atoms with E-state index >= 15 is 0 Å². The summed E-state index contributed by atoms with van der Waals surface area (Å²) in [5.74, 6) is 2.05. The molecule has 4 fully saturated rings. The molecule has 26 heavy (non-hydrogen) atoms. The molecule has 2 N–H and O–H groups in total. The van der Waals surface area contributed by atoms with Gasteiger partial charge in [0.25, 0.3) is 0 Å². The molecule has 5 heteroatoms. The molecule has 4 aliphatic carbocycles. The van der Waals surface area contributed by atoms with Gasteiger partial charge in [-0.3, -0.25) is 9.59 Å². The Labute approximate surface area is 154 Å². The van der Waals surface area contributed by atoms with Gasteiger partial charge in [-0.15, -0.1) is 0 Å². The first-order valence-electron chi connectivity index (χ1n) is 9.61. The molecule has 2 amide bonds. The normalized spacial score (nSPS) is 31.3. The quantitative estimate of drug-likeness (QED) is 0.853. The van der Waals surface area contributed by atoms with Crippen LogP contribution < -0.4 is 10.6 Å². The predicted octanol–water partition coefficient (Wildman–Crippen LogP) is 3.37. The van der Waals surface area contributed by atoms with E-state index in [-0.39, 0.29) is 23.7 Å². The van der Waals surface area contributed by atoms with E-state index in [1.165, 1.54) is 19.3 Å². The minimum atomic E-state index is -0.297. The summed E-state index contributed by atoms with van der Waals surface area (Å²) in [7, 11) is 0. The van der Waals surface area contributed by atoms with Crippen molar-refractivity contribution in [2.24, 2.45) is 23.2 Å². The Kier molecular flexibility index (Phi) is 4.44. The molecule has 0 radical (unpaired) electrons. The number of carbonyl (C=O) groups is 2. The van der Waals surface area contributed by atoms with Crippen LogP contribution in [0, 0.1) is 34.5 Å². The summed E-state index contributed by atoms with van der Waals surface area (Å²) < 4.78 is 0. The highest BCUT2D eigenvalue weighted by Crippen LogP contribution is 2.60. The van der Waals surface area contributed by atoms with Crippen LogP contribution in [0.1, 0.15) is 50.5 Å². The molecule has 0 heterocycles. The zero-order valence-corrected chi connectivity index (χ0v) is 15.0. The van der Waals surface area contributed by atoms with Gasteiger partial charge >= 0.3 is 0 Å². The van der Waals surface area contributed by atoms with Crippen LogP contribution in [0.2, 0.25) is 0 Å². The van der Waals surface area contributed by atoms with Crippen molar-refractivity contribution in [3.63, 3.8) is 0 Å². The van der Waals surface area contributed by atoms with Crippen LogP contribution in [0.15, 0.2) is 24.3 Å². The van der Waals surface area contributed by atoms with Crippen molar-refractivity contribution in [1.29, 1.82) is 5.26 Å². The van der Waals surface area contributed by atoms with Crippen LogP contribution in [0.3, 0.4) is 0 Å². The van der Waals surface area contributed by atoms with Gasteiger partial charge in [0.05, 0.1) is 11.5 Å². The standard InChI is InChI=1S/C21H25N3O2/c22-6-5-19(25)23-13-17-3-1-2-4-18(17)24-20(26)21-10-14-7-15(11-21)9-16(8-14)12-21/h1-4,14-16H,5,7-13H2,(H,23,25)(H,24,26). The Morgan fingerprint density at radius 1 is 1.08 bits per heavy atom. The van der Waals surface area contributed by atoms with Crippen molar-refractivity contribution < 1.29 is 9.59 Å². The highest BCUT2D eigenvalue weighted by atomic mass is 16.2. The molecule has 0 unspecified atom stereocenters. The number of nitrogens with one attached hydrogen (secondary N) is 2. The summed E-state index contributed by atoms with van der Waals surface area (Å²) in [6, 6.07) is 9.43. The number of rotatable bonds is 5. The molecule has 4 aliphatic rings. The molecule has 0 saturated heterocycles. The van der Waals surface area contributed by atoms with Crippen LogP contribution in [-0.4, -0.2) is 11.8 Å². The van der Waals surface area contributed by atoms with Crippen molar-refractivity contribution >= 4 is 17.5 Å². The van der Waals surface area contributed by atoms with Crippen LogP contribution in [0.4, 0.5) is 5.69 Å². The lowest BCUT2D eigenvalue weighted by Crippen LogP contribution is -2.51. The second kappa shape index (κ2) is 6.75. The minimum absolute atomic E-state index is 0.151. The van der Waals surface area contributed by atoms with E-state index in [4.69, 9.17) is 5.26 Å². The predicted molar refractivity (Wildman–Crippen MR) is 97.8 cm³/mol.